The zero-order chi connectivity index (χ0) is 16.1. The van der Waals surface area contributed by atoms with Crippen molar-refractivity contribution in [1.29, 1.82) is 0 Å². The molecule has 0 radical (unpaired) electrons. The Kier molecular flexibility index (Phi) is 5.24. The van der Waals surface area contributed by atoms with Gasteiger partial charge in [-0.05, 0) is 37.5 Å². The maximum absolute atomic E-state index is 12.0. The lowest BCUT2D eigenvalue weighted by Gasteiger charge is -2.07. The van der Waals surface area contributed by atoms with Crippen molar-refractivity contribution in [2.45, 2.75) is 20.3 Å². The fourth-order valence-corrected chi connectivity index (χ4v) is 2.14. The molecule has 0 bridgehead atoms. The van der Waals surface area contributed by atoms with Crippen LogP contribution >= 0.6 is 0 Å². The summed E-state index contributed by atoms with van der Waals surface area (Å²) in [4.78, 5) is 20.7. The quantitative estimate of drug-likeness (QED) is 0.662. The Morgan fingerprint density at radius 2 is 1.86 bits per heavy atom. The van der Waals surface area contributed by atoms with Gasteiger partial charge in [-0.2, -0.15) is 0 Å². The van der Waals surface area contributed by atoms with Gasteiger partial charge in [-0.1, -0.05) is 12.1 Å². The van der Waals surface area contributed by atoms with Gasteiger partial charge in [0.1, 0.15) is 5.82 Å². The maximum atomic E-state index is 12.0. The standard InChI is InChI=1S/C15H18BN3O3/c1-10-8-11(2)19-14(18-10)6-7-17-15(20)12-4-3-5-13(9-12)16(21)22/h3-5,8-9,21-22H,6-7H2,1-2H3,(H,17,20). The number of aromatic nitrogens is 2. The highest BCUT2D eigenvalue weighted by Crippen LogP contribution is 2.00. The number of amides is 1. The molecular formula is C15H18BN3O3. The van der Waals surface area contributed by atoms with Crippen LogP contribution in [0.15, 0.2) is 30.3 Å². The molecule has 0 fully saturated rings. The number of aryl methyl sites for hydroxylation is 2. The van der Waals surface area contributed by atoms with Crippen LogP contribution in [-0.2, 0) is 6.42 Å². The molecule has 0 aliphatic heterocycles. The summed E-state index contributed by atoms with van der Waals surface area (Å²) in [5.41, 5.74) is 2.47. The fourth-order valence-electron chi connectivity index (χ4n) is 2.14. The molecule has 114 valence electrons. The highest BCUT2D eigenvalue weighted by molar-refractivity contribution is 6.58. The van der Waals surface area contributed by atoms with Crippen molar-refractivity contribution in [3.05, 3.63) is 53.1 Å². The summed E-state index contributed by atoms with van der Waals surface area (Å²) in [7, 11) is -1.59. The van der Waals surface area contributed by atoms with E-state index in [0.717, 1.165) is 11.4 Å². The highest BCUT2D eigenvalue weighted by Gasteiger charge is 2.13. The zero-order valence-corrected chi connectivity index (χ0v) is 12.6. The second-order valence-corrected chi connectivity index (χ2v) is 5.07. The minimum Gasteiger partial charge on any atom is -0.423 e. The van der Waals surface area contributed by atoms with Crippen molar-refractivity contribution >= 4 is 18.5 Å². The van der Waals surface area contributed by atoms with Gasteiger partial charge in [0.05, 0.1) is 0 Å². The van der Waals surface area contributed by atoms with E-state index in [9.17, 15) is 4.79 Å². The molecule has 22 heavy (non-hydrogen) atoms. The number of nitrogens with zero attached hydrogens (tertiary/aromatic N) is 2. The Balaban J connectivity index is 1.94. The van der Waals surface area contributed by atoms with E-state index in [2.05, 4.69) is 15.3 Å². The van der Waals surface area contributed by atoms with E-state index in [0.29, 0.717) is 24.4 Å². The van der Waals surface area contributed by atoms with E-state index in [-0.39, 0.29) is 11.4 Å². The molecule has 2 rings (SSSR count). The first-order chi connectivity index (χ1) is 10.5. The van der Waals surface area contributed by atoms with Crippen LogP contribution < -0.4 is 10.8 Å². The van der Waals surface area contributed by atoms with E-state index < -0.39 is 7.12 Å². The van der Waals surface area contributed by atoms with Crippen molar-refractivity contribution < 1.29 is 14.8 Å². The first-order valence-electron chi connectivity index (χ1n) is 7.01. The third kappa shape index (κ3) is 4.37. The summed E-state index contributed by atoms with van der Waals surface area (Å²) in [5.74, 6) is 0.421. The zero-order valence-electron chi connectivity index (χ0n) is 12.6. The number of hydrogen-bond donors (Lipinski definition) is 3. The third-order valence-electron chi connectivity index (χ3n) is 3.11. The molecule has 0 aliphatic rings. The van der Waals surface area contributed by atoms with Crippen molar-refractivity contribution in [2.75, 3.05) is 6.54 Å². The highest BCUT2D eigenvalue weighted by atomic mass is 16.4. The predicted octanol–water partition coefficient (Wildman–Crippen LogP) is -0.254. The maximum Gasteiger partial charge on any atom is 0.488 e. The molecular weight excluding hydrogens is 281 g/mol. The molecule has 0 atom stereocenters. The van der Waals surface area contributed by atoms with E-state index in [1.807, 2.05) is 19.9 Å². The lowest BCUT2D eigenvalue weighted by molar-refractivity contribution is 0.0954. The summed E-state index contributed by atoms with van der Waals surface area (Å²) < 4.78 is 0. The fraction of sp³-hybridized carbons (Fsp3) is 0.267. The van der Waals surface area contributed by atoms with Crippen LogP contribution in [0.1, 0.15) is 27.6 Å². The molecule has 1 aromatic carbocycles. The predicted molar refractivity (Wildman–Crippen MR) is 83.8 cm³/mol. The third-order valence-corrected chi connectivity index (χ3v) is 3.11. The molecule has 0 spiro atoms. The second-order valence-electron chi connectivity index (χ2n) is 5.07. The first kappa shape index (κ1) is 16.1. The van der Waals surface area contributed by atoms with Gasteiger partial charge in [0, 0.05) is 29.9 Å². The SMILES string of the molecule is Cc1cc(C)nc(CCNC(=O)c2cccc(B(O)O)c2)n1. The monoisotopic (exact) mass is 299 g/mol. The summed E-state index contributed by atoms with van der Waals surface area (Å²) in [6.45, 7) is 4.22. The van der Waals surface area contributed by atoms with E-state index in [1.165, 1.54) is 6.07 Å². The second kappa shape index (κ2) is 7.15. The molecule has 1 amide bonds. The molecule has 0 saturated heterocycles. The number of carbonyl (C=O) groups is 1. The van der Waals surface area contributed by atoms with Crippen LogP contribution in [0.5, 0.6) is 0 Å². The number of benzene rings is 1. The van der Waals surface area contributed by atoms with Gasteiger partial charge in [0.25, 0.3) is 5.91 Å². The van der Waals surface area contributed by atoms with Gasteiger partial charge >= 0.3 is 7.12 Å². The van der Waals surface area contributed by atoms with Crippen LogP contribution in [0.4, 0.5) is 0 Å². The van der Waals surface area contributed by atoms with Crippen LogP contribution in [0.3, 0.4) is 0 Å². The molecule has 0 unspecified atom stereocenters. The topological polar surface area (TPSA) is 95.3 Å². The van der Waals surface area contributed by atoms with Crippen LogP contribution in [0, 0.1) is 13.8 Å². The van der Waals surface area contributed by atoms with E-state index >= 15 is 0 Å². The number of carbonyl (C=O) groups excluding carboxylic acids is 1. The molecule has 0 aliphatic carbocycles. The molecule has 6 nitrogen and oxygen atoms in total. The molecule has 2 aromatic rings. The van der Waals surface area contributed by atoms with Crippen molar-refractivity contribution in [1.82, 2.24) is 15.3 Å². The van der Waals surface area contributed by atoms with Crippen LogP contribution in [0.25, 0.3) is 0 Å². The average molecular weight is 299 g/mol. The van der Waals surface area contributed by atoms with Gasteiger partial charge in [0.15, 0.2) is 0 Å². The minimum atomic E-state index is -1.59. The number of hydrogen-bond acceptors (Lipinski definition) is 5. The van der Waals surface area contributed by atoms with Gasteiger partial charge in [0.2, 0.25) is 0 Å². The number of nitrogens with one attached hydrogen (secondary N) is 1. The summed E-state index contributed by atoms with van der Waals surface area (Å²) in [5, 5.41) is 21.0. The van der Waals surface area contributed by atoms with Crippen LogP contribution in [-0.4, -0.2) is 39.6 Å². The number of rotatable bonds is 5. The lowest BCUT2D eigenvalue weighted by atomic mass is 9.79. The van der Waals surface area contributed by atoms with Gasteiger partial charge in [-0.25, -0.2) is 9.97 Å². The Hall–Kier alpha value is -2.25. The Morgan fingerprint density at radius 1 is 1.18 bits per heavy atom. The van der Waals surface area contributed by atoms with Crippen LogP contribution in [0.2, 0.25) is 0 Å². The normalized spacial score (nSPS) is 10.4. The van der Waals surface area contributed by atoms with Gasteiger partial charge < -0.3 is 15.4 Å². The van der Waals surface area contributed by atoms with E-state index in [4.69, 9.17) is 10.0 Å². The summed E-state index contributed by atoms with van der Waals surface area (Å²) in [6, 6.07) is 8.12. The molecule has 7 heteroatoms. The van der Waals surface area contributed by atoms with Crippen molar-refractivity contribution in [2.24, 2.45) is 0 Å². The smallest absolute Gasteiger partial charge is 0.423 e. The summed E-state index contributed by atoms with van der Waals surface area (Å²) >= 11 is 0. The first-order valence-corrected chi connectivity index (χ1v) is 7.01. The average Bonchev–Trinajstić information content (AvgIpc) is 2.46. The van der Waals surface area contributed by atoms with Gasteiger partial charge in [-0.3, -0.25) is 4.79 Å². The van der Waals surface area contributed by atoms with E-state index in [1.54, 1.807) is 18.2 Å². The Labute approximate surface area is 129 Å². The summed E-state index contributed by atoms with van der Waals surface area (Å²) in [6.07, 6.45) is 0.538. The lowest BCUT2D eigenvalue weighted by Crippen LogP contribution is -2.32. The molecule has 0 saturated carbocycles. The Bertz CT molecular complexity index is 657. The van der Waals surface area contributed by atoms with Crippen molar-refractivity contribution in [3.8, 4) is 0 Å². The Morgan fingerprint density at radius 3 is 2.50 bits per heavy atom. The molecule has 1 heterocycles. The van der Waals surface area contributed by atoms with Crippen molar-refractivity contribution in [3.63, 3.8) is 0 Å². The van der Waals surface area contributed by atoms with Gasteiger partial charge in [-0.15, -0.1) is 0 Å². The molecule has 3 N–H and O–H groups in total. The molecule has 1 aromatic heterocycles. The minimum absolute atomic E-state index is 0.271. The largest absolute Gasteiger partial charge is 0.488 e.